The Labute approximate surface area is 203 Å². The molecule has 1 amide bonds. The molecule has 1 aromatic heterocycles. The summed E-state index contributed by atoms with van der Waals surface area (Å²) in [5, 5.41) is 12.2. The van der Waals surface area contributed by atoms with E-state index in [1.54, 1.807) is 0 Å². The number of carboxylic acids is 1. The van der Waals surface area contributed by atoms with Gasteiger partial charge in [-0.1, -0.05) is 52.2 Å². The minimum absolute atomic E-state index is 0.0427. The molecule has 1 heterocycles. The Morgan fingerprint density at radius 1 is 1.06 bits per heavy atom. The largest absolute Gasteiger partial charge is 0.481 e. The molecular formula is C29H40N2O3. The molecule has 0 spiro atoms. The van der Waals surface area contributed by atoms with Crippen molar-refractivity contribution in [3.63, 3.8) is 0 Å². The zero-order valence-corrected chi connectivity index (χ0v) is 21.4. The molecule has 2 aliphatic carbocycles. The molecule has 2 saturated carbocycles. The van der Waals surface area contributed by atoms with Crippen LogP contribution in [0.5, 0.6) is 0 Å². The first-order valence-corrected chi connectivity index (χ1v) is 12.9. The SMILES string of the molecule is Cc1ccc(-c2cc(C(=O)NC3CC(C(=O)O)C3)c(C)n2CC2CCCCC2)cc1C(C)(C)C. The van der Waals surface area contributed by atoms with E-state index in [1.165, 1.54) is 43.2 Å². The van der Waals surface area contributed by atoms with Gasteiger partial charge in [0.05, 0.1) is 11.5 Å². The summed E-state index contributed by atoms with van der Waals surface area (Å²) in [7, 11) is 0. The summed E-state index contributed by atoms with van der Waals surface area (Å²) in [6.07, 6.45) is 7.44. The number of carbonyl (C=O) groups is 2. The fraction of sp³-hybridized carbons (Fsp3) is 0.586. The summed E-state index contributed by atoms with van der Waals surface area (Å²) >= 11 is 0. The molecule has 4 rings (SSSR count). The van der Waals surface area contributed by atoms with Crippen LogP contribution in [0.1, 0.15) is 92.9 Å². The Balaban J connectivity index is 1.67. The van der Waals surface area contributed by atoms with Crippen molar-refractivity contribution in [2.45, 2.75) is 97.6 Å². The number of rotatable bonds is 6. The summed E-state index contributed by atoms with van der Waals surface area (Å²) in [6, 6.07) is 8.68. The average molecular weight is 465 g/mol. The quantitative estimate of drug-likeness (QED) is 0.531. The van der Waals surface area contributed by atoms with Crippen molar-refractivity contribution < 1.29 is 14.7 Å². The molecule has 1 aromatic carbocycles. The molecule has 5 nitrogen and oxygen atoms in total. The van der Waals surface area contributed by atoms with E-state index < -0.39 is 5.97 Å². The molecular weight excluding hydrogens is 424 g/mol. The molecule has 0 atom stereocenters. The number of aromatic nitrogens is 1. The third-order valence-electron chi connectivity index (χ3n) is 7.94. The summed E-state index contributed by atoms with van der Waals surface area (Å²) < 4.78 is 2.36. The minimum atomic E-state index is -0.767. The Bertz CT molecular complexity index is 1060. The highest BCUT2D eigenvalue weighted by Crippen LogP contribution is 2.35. The lowest BCUT2D eigenvalue weighted by atomic mass is 9.80. The molecule has 184 valence electrons. The van der Waals surface area contributed by atoms with Crippen LogP contribution in [-0.2, 0) is 16.8 Å². The molecule has 34 heavy (non-hydrogen) atoms. The zero-order chi connectivity index (χ0) is 24.6. The molecule has 2 N–H and O–H groups in total. The highest BCUT2D eigenvalue weighted by molar-refractivity contribution is 5.97. The predicted octanol–water partition coefficient (Wildman–Crippen LogP) is 6.24. The molecule has 0 unspecified atom stereocenters. The van der Waals surface area contributed by atoms with Gasteiger partial charge in [0.25, 0.3) is 5.91 Å². The van der Waals surface area contributed by atoms with Crippen LogP contribution in [0.3, 0.4) is 0 Å². The van der Waals surface area contributed by atoms with Gasteiger partial charge in [-0.25, -0.2) is 0 Å². The number of hydrogen-bond acceptors (Lipinski definition) is 2. The molecule has 0 saturated heterocycles. The van der Waals surface area contributed by atoms with Crippen molar-refractivity contribution in [2.24, 2.45) is 11.8 Å². The van der Waals surface area contributed by atoms with Gasteiger partial charge < -0.3 is 15.0 Å². The third-order valence-corrected chi connectivity index (χ3v) is 7.94. The van der Waals surface area contributed by atoms with Crippen molar-refractivity contribution in [1.82, 2.24) is 9.88 Å². The smallest absolute Gasteiger partial charge is 0.306 e. The summed E-state index contributed by atoms with van der Waals surface area (Å²) in [5.41, 5.74) is 6.63. The van der Waals surface area contributed by atoms with Gasteiger partial charge in [-0.2, -0.15) is 0 Å². The van der Waals surface area contributed by atoms with Crippen molar-refractivity contribution in [3.8, 4) is 11.3 Å². The van der Waals surface area contributed by atoms with E-state index in [1.807, 2.05) is 0 Å². The normalized spacial score (nSPS) is 21.2. The maximum Gasteiger partial charge on any atom is 0.306 e. The molecule has 2 aliphatic rings. The molecule has 0 aliphatic heterocycles. The zero-order valence-electron chi connectivity index (χ0n) is 21.4. The van der Waals surface area contributed by atoms with Crippen LogP contribution in [0.25, 0.3) is 11.3 Å². The third kappa shape index (κ3) is 5.08. The van der Waals surface area contributed by atoms with Gasteiger partial charge in [0.1, 0.15) is 0 Å². The number of amides is 1. The van der Waals surface area contributed by atoms with Gasteiger partial charge in [-0.3, -0.25) is 9.59 Å². The van der Waals surface area contributed by atoms with E-state index >= 15 is 0 Å². The van der Waals surface area contributed by atoms with Gasteiger partial charge in [-0.05, 0) is 79.7 Å². The molecule has 2 aromatic rings. The minimum Gasteiger partial charge on any atom is -0.481 e. The van der Waals surface area contributed by atoms with Gasteiger partial charge in [-0.15, -0.1) is 0 Å². The highest BCUT2D eigenvalue weighted by atomic mass is 16.4. The predicted molar refractivity (Wildman–Crippen MR) is 136 cm³/mol. The fourth-order valence-electron chi connectivity index (χ4n) is 5.77. The monoisotopic (exact) mass is 464 g/mol. The van der Waals surface area contributed by atoms with Crippen molar-refractivity contribution in [3.05, 3.63) is 46.6 Å². The van der Waals surface area contributed by atoms with E-state index in [0.717, 1.165) is 23.5 Å². The van der Waals surface area contributed by atoms with Crippen LogP contribution >= 0.6 is 0 Å². The summed E-state index contributed by atoms with van der Waals surface area (Å²) in [6.45, 7) is 11.9. The number of carbonyl (C=O) groups excluding carboxylic acids is 1. The number of benzene rings is 1. The van der Waals surface area contributed by atoms with E-state index in [9.17, 15) is 9.59 Å². The van der Waals surface area contributed by atoms with Crippen LogP contribution < -0.4 is 5.32 Å². The standard InChI is InChI=1S/C29H40N2O3/c1-18-11-12-21(15-25(18)29(3,4)5)26-16-24(27(32)30-23-13-22(14-23)28(33)34)19(2)31(26)17-20-9-7-6-8-10-20/h11-12,15-16,20,22-23H,6-10,13-14,17H2,1-5H3,(H,30,32)(H,33,34). The number of nitrogens with zero attached hydrogens (tertiary/aromatic N) is 1. The Morgan fingerprint density at radius 3 is 2.35 bits per heavy atom. The van der Waals surface area contributed by atoms with E-state index in [0.29, 0.717) is 24.3 Å². The van der Waals surface area contributed by atoms with Crippen LogP contribution in [0, 0.1) is 25.7 Å². The van der Waals surface area contributed by atoms with E-state index in [-0.39, 0.29) is 23.3 Å². The van der Waals surface area contributed by atoms with Crippen molar-refractivity contribution >= 4 is 11.9 Å². The van der Waals surface area contributed by atoms with Crippen molar-refractivity contribution in [1.29, 1.82) is 0 Å². The Morgan fingerprint density at radius 2 is 1.74 bits per heavy atom. The Kier molecular flexibility index (Phi) is 6.93. The topological polar surface area (TPSA) is 71.3 Å². The van der Waals surface area contributed by atoms with Gasteiger partial charge in [0.15, 0.2) is 0 Å². The van der Waals surface area contributed by atoms with Crippen LogP contribution in [0.4, 0.5) is 0 Å². The van der Waals surface area contributed by atoms with Crippen LogP contribution in [-0.4, -0.2) is 27.6 Å². The molecule has 2 fully saturated rings. The molecule has 0 radical (unpaired) electrons. The van der Waals surface area contributed by atoms with Gasteiger partial charge >= 0.3 is 5.97 Å². The lowest BCUT2D eigenvalue weighted by Gasteiger charge is -2.32. The first kappa shape index (κ1) is 24.6. The maximum atomic E-state index is 13.2. The average Bonchev–Trinajstić information content (AvgIpc) is 3.06. The second-order valence-electron chi connectivity index (χ2n) is 11.6. The summed E-state index contributed by atoms with van der Waals surface area (Å²) in [4.78, 5) is 24.4. The lowest BCUT2D eigenvalue weighted by Crippen LogP contribution is -2.46. The maximum absolute atomic E-state index is 13.2. The van der Waals surface area contributed by atoms with Gasteiger partial charge in [0, 0.05) is 24.0 Å². The fourth-order valence-corrected chi connectivity index (χ4v) is 5.77. The summed E-state index contributed by atoms with van der Waals surface area (Å²) in [5.74, 6) is -0.541. The molecule has 0 bridgehead atoms. The van der Waals surface area contributed by atoms with Crippen LogP contribution in [0.15, 0.2) is 24.3 Å². The highest BCUT2D eigenvalue weighted by Gasteiger charge is 2.36. The lowest BCUT2D eigenvalue weighted by molar-refractivity contribution is -0.145. The number of aryl methyl sites for hydroxylation is 1. The number of hydrogen-bond donors (Lipinski definition) is 2. The van der Waals surface area contributed by atoms with Gasteiger partial charge in [0.2, 0.25) is 0 Å². The number of carboxylic acid groups (broad SMARTS) is 1. The number of nitrogens with one attached hydrogen (secondary N) is 1. The second kappa shape index (κ2) is 9.59. The Hall–Kier alpha value is -2.56. The number of aliphatic carboxylic acids is 1. The van der Waals surface area contributed by atoms with E-state index in [4.69, 9.17) is 5.11 Å². The van der Waals surface area contributed by atoms with E-state index in [2.05, 4.69) is 68.8 Å². The van der Waals surface area contributed by atoms with Crippen LogP contribution in [0.2, 0.25) is 0 Å². The first-order valence-electron chi connectivity index (χ1n) is 12.9. The van der Waals surface area contributed by atoms with Crippen molar-refractivity contribution in [2.75, 3.05) is 0 Å². The molecule has 5 heteroatoms. The second-order valence-corrected chi connectivity index (χ2v) is 11.6. The first-order chi connectivity index (χ1) is 16.0.